The fourth-order valence-electron chi connectivity index (χ4n) is 3.07. The molecule has 1 aromatic rings. The third-order valence-corrected chi connectivity index (χ3v) is 6.35. The second kappa shape index (κ2) is 7.64. The van der Waals surface area contributed by atoms with Crippen LogP contribution in [0.5, 0.6) is 5.75 Å². The average molecular weight is 340 g/mol. The van der Waals surface area contributed by atoms with E-state index in [0.29, 0.717) is 18.9 Å². The summed E-state index contributed by atoms with van der Waals surface area (Å²) in [5, 5.41) is -0.298. The number of ether oxygens (including phenoxy) is 1. The molecule has 0 aliphatic carbocycles. The van der Waals surface area contributed by atoms with Gasteiger partial charge in [-0.2, -0.15) is 0 Å². The van der Waals surface area contributed by atoms with Crippen LogP contribution in [0.2, 0.25) is 0 Å². The second-order valence-corrected chi connectivity index (χ2v) is 8.65. The Morgan fingerprint density at radius 3 is 2.48 bits per heavy atom. The molecule has 1 saturated heterocycles. The Balaban J connectivity index is 1.91. The van der Waals surface area contributed by atoms with Gasteiger partial charge in [0, 0.05) is 19.1 Å². The molecule has 23 heavy (non-hydrogen) atoms. The molecule has 1 fully saturated rings. The zero-order valence-corrected chi connectivity index (χ0v) is 15.3. The summed E-state index contributed by atoms with van der Waals surface area (Å²) in [7, 11) is -1.55. The first-order valence-corrected chi connectivity index (χ1v) is 9.74. The highest BCUT2D eigenvalue weighted by Crippen LogP contribution is 2.23. The first-order valence-electron chi connectivity index (χ1n) is 8.19. The topological polar surface area (TPSA) is 58.6 Å². The Labute approximate surface area is 140 Å². The molecule has 1 aliphatic rings. The number of sulfonamides is 1. The van der Waals surface area contributed by atoms with Gasteiger partial charge in [0.15, 0.2) is 0 Å². The van der Waals surface area contributed by atoms with Crippen molar-refractivity contribution in [1.82, 2.24) is 9.62 Å². The fourth-order valence-corrected chi connectivity index (χ4v) is 4.74. The smallest absolute Gasteiger partial charge is 0.216 e. The first kappa shape index (κ1) is 18.2. The molecule has 1 aliphatic heterocycles. The monoisotopic (exact) mass is 340 g/mol. The van der Waals surface area contributed by atoms with E-state index in [1.807, 2.05) is 26.0 Å². The van der Waals surface area contributed by atoms with Gasteiger partial charge in [0.2, 0.25) is 10.0 Å². The number of benzene rings is 1. The van der Waals surface area contributed by atoms with Gasteiger partial charge in [-0.15, -0.1) is 0 Å². The van der Waals surface area contributed by atoms with Crippen molar-refractivity contribution in [3.8, 4) is 5.75 Å². The molecule has 6 heteroatoms. The maximum absolute atomic E-state index is 12.3. The van der Waals surface area contributed by atoms with Crippen molar-refractivity contribution in [1.29, 1.82) is 0 Å². The van der Waals surface area contributed by atoms with Gasteiger partial charge in [0.1, 0.15) is 5.75 Å². The lowest BCUT2D eigenvalue weighted by Gasteiger charge is -2.21. The SMILES string of the molecule is COc1ccc([C@@H](C)CN2CC[C@@H](S(=O)(=O)NC(C)C)C2)cc1. The lowest BCUT2D eigenvalue weighted by Crippen LogP contribution is -2.40. The molecule has 0 radical (unpaired) electrons. The Bertz CT molecular complexity index is 599. The van der Waals surface area contributed by atoms with Gasteiger partial charge in [0.05, 0.1) is 12.4 Å². The summed E-state index contributed by atoms with van der Waals surface area (Å²) < 4.78 is 32.4. The Hall–Kier alpha value is -1.11. The molecule has 0 amide bonds. The summed E-state index contributed by atoms with van der Waals surface area (Å²) in [6, 6.07) is 8.04. The van der Waals surface area contributed by atoms with Gasteiger partial charge in [0.25, 0.3) is 0 Å². The molecule has 1 heterocycles. The second-order valence-electron chi connectivity index (χ2n) is 6.66. The lowest BCUT2D eigenvalue weighted by atomic mass is 10.0. The minimum Gasteiger partial charge on any atom is -0.497 e. The number of hydrogen-bond acceptors (Lipinski definition) is 4. The molecule has 0 aromatic heterocycles. The fraction of sp³-hybridized carbons (Fsp3) is 0.647. The number of nitrogens with zero attached hydrogens (tertiary/aromatic N) is 1. The first-order chi connectivity index (χ1) is 10.8. The molecule has 0 unspecified atom stereocenters. The van der Waals surface area contributed by atoms with E-state index < -0.39 is 10.0 Å². The van der Waals surface area contributed by atoms with Crippen LogP contribution in [0.3, 0.4) is 0 Å². The molecule has 0 spiro atoms. The van der Waals surface area contributed by atoms with E-state index in [2.05, 4.69) is 28.7 Å². The van der Waals surface area contributed by atoms with Crippen molar-refractivity contribution in [2.24, 2.45) is 0 Å². The van der Waals surface area contributed by atoms with Crippen LogP contribution in [-0.2, 0) is 10.0 Å². The van der Waals surface area contributed by atoms with Crippen molar-refractivity contribution in [2.45, 2.75) is 44.4 Å². The number of hydrogen-bond donors (Lipinski definition) is 1. The predicted octanol–water partition coefficient (Wildman–Crippen LogP) is 2.20. The lowest BCUT2D eigenvalue weighted by molar-refractivity contribution is 0.320. The van der Waals surface area contributed by atoms with Crippen molar-refractivity contribution in [3.63, 3.8) is 0 Å². The van der Waals surface area contributed by atoms with Crippen molar-refractivity contribution >= 4 is 10.0 Å². The minimum atomic E-state index is -3.21. The zero-order valence-electron chi connectivity index (χ0n) is 14.5. The maximum atomic E-state index is 12.3. The average Bonchev–Trinajstić information content (AvgIpc) is 2.95. The number of rotatable bonds is 7. The van der Waals surface area contributed by atoms with Crippen molar-refractivity contribution in [3.05, 3.63) is 29.8 Å². The Morgan fingerprint density at radius 2 is 1.91 bits per heavy atom. The normalized spacial score (nSPS) is 20.8. The summed E-state index contributed by atoms with van der Waals surface area (Å²) in [5.41, 5.74) is 1.25. The summed E-state index contributed by atoms with van der Waals surface area (Å²) in [6.45, 7) is 8.22. The molecule has 130 valence electrons. The van der Waals surface area contributed by atoms with Gasteiger partial charge in [-0.25, -0.2) is 13.1 Å². The van der Waals surface area contributed by atoms with Crippen LogP contribution in [0.15, 0.2) is 24.3 Å². The maximum Gasteiger partial charge on any atom is 0.216 e. The molecule has 2 atom stereocenters. The highest BCUT2D eigenvalue weighted by atomic mass is 32.2. The van der Waals surface area contributed by atoms with Gasteiger partial charge < -0.3 is 9.64 Å². The van der Waals surface area contributed by atoms with Crippen LogP contribution in [0.1, 0.15) is 38.7 Å². The number of methoxy groups -OCH3 is 1. The van der Waals surface area contributed by atoms with E-state index >= 15 is 0 Å². The Kier molecular flexibility index (Phi) is 6.06. The van der Waals surface area contributed by atoms with Crippen LogP contribution in [0.4, 0.5) is 0 Å². The van der Waals surface area contributed by atoms with Crippen molar-refractivity contribution in [2.75, 3.05) is 26.7 Å². The standard InChI is InChI=1S/C17H28N2O3S/c1-13(2)18-23(20,21)17-9-10-19(12-17)11-14(3)15-5-7-16(22-4)8-6-15/h5-8,13-14,17-18H,9-12H2,1-4H3/t14-,17+/m0/s1. The highest BCUT2D eigenvalue weighted by Gasteiger charge is 2.33. The molecule has 1 N–H and O–H groups in total. The van der Waals surface area contributed by atoms with Crippen LogP contribution >= 0.6 is 0 Å². The van der Waals surface area contributed by atoms with Crippen LogP contribution in [-0.4, -0.2) is 51.4 Å². The van der Waals surface area contributed by atoms with E-state index in [9.17, 15) is 8.42 Å². The predicted molar refractivity (Wildman–Crippen MR) is 93.4 cm³/mol. The van der Waals surface area contributed by atoms with E-state index in [-0.39, 0.29) is 11.3 Å². The van der Waals surface area contributed by atoms with E-state index in [4.69, 9.17) is 4.74 Å². The molecular weight excluding hydrogens is 312 g/mol. The van der Waals surface area contributed by atoms with Gasteiger partial charge in [-0.3, -0.25) is 0 Å². The molecule has 2 rings (SSSR count). The molecular formula is C17H28N2O3S. The van der Waals surface area contributed by atoms with Gasteiger partial charge >= 0.3 is 0 Å². The number of nitrogens with one attached hydrogen (secondary N) is 1. The number of likely N-dealkylation sites (tertiary alicyclic amines) is 1. The van der Waals surface area contributed by atoms with Gasteiger partial charge in [-0.1, -0.05) is 19.1 Å². The molecule has 0 saturated carbocycles. The molecule has 1 aromatic carbocycles. The summed E-state index contributed by atoms with van der Waals surface area (Å²) in [5.74, 6) is 1.22. The largest absolute Gasteiger partial charge is 0.497 e. The Morgan fingerprint density at radius 1 is 1.26 bits per heavy atom. The van der Waals surface area contributed by atoms with Crippen LogP contribution < -0.4 is 9.46 Å². The highest BCUT2D eigenvalue weighted by molar-refractivity contribution is 7.90. The zero-order chi connectivity index (χ0) is 17.0. The summed E-state index contributed by atoms with van der Waals surface area (Å²) in [6.07, 6.45) is 0.706. The quantitative estimate of drug-likeness (QED) is 0.827. The van der Waals surface area contributed by atoms with Crippen LogP contribution in [0, 0.1) is 0 Å². The van der Waals surface area contributed by atoms with E-state index in [1.54, 1.807) is 7.11 Å². The van der Waals surface area contributed by atoms with Crippen molar-refractivity contribution < 1.29 is 13.2 Å². The van der Waals surface area contributed by atoms with Gasteiger partial charge in [-0.05, 0) is 50.4 Å². The minimum absolute atomic E-state index is 0.0488. The summed E-state index contributed by atoms with van der Waals surface area (Å²) >= 11 is 0. The third-order valence-electron chi connectivity index (χ3n) is 4.28. The summed E-state index contributed by atoms with van der Waals surface area (Å²) in [4.78, 5) is 2.25. The third kappa shape index (κ3) is 4.93. The molecule has 5 nitrogen and oxygen atoms in total. The van der Waals surface area contributed by atoms with E-state index in [1.165, 1.54) is 5.56 Å². The molecule has 0 bridgehead atoms. The van der Waals surface area contributed by atoms with Crippen LogP contribution in [0.25, 0.3) is 0 Å². The van der Waals surface area contributed by atoms with E-state index in [0.717, 1.165) is 18.8 Å².